The van der Waals surface area contributed by atoms with Gasteiger partial charge in [-0.15, -0.1) is 0 Å². The van der Waals surface area contributed by atoms with Crippen LogP contribution in [-0.2, 0) is 4.74 Å². The van der Waals surface area contributed by atoms with Crippen LogP contribution in [0.2, 0.25) is 0 Å². The molecule has 0 saturated carbocycles. The van der Waals surface area contributed by atoms with Gasteiger partial charge in [-0.05, 0) is 26.0 Å². The minimum Gasteiger partial charge on any atom is -0.491 e. The third-order valence-electron chi connectivity index (χ3n) is 3.33. The van der Waals surface area contributed by atoms with E-state index in [4.69, 9.17) is 19.7 Å². The fourth-order valence-corrected chi connectivity index (χ4v) is 2.37. The molecule has 1 atom stereocenters. The highest BCUT2D eigenvalue weighted by Crippen LogP contribution is 2.32. The standard InChI is InChI=1S/C16H22N2O3/c1-11-10-14(12(2)21-11)16(18-17)13-6-4-5-7-15(13)20-9-8-19-3/h4-7,10,16,18H,8-9,17H2,1-3H3. The molecule has 114 valence electrons. The zero-order valence-electron chi connectivity index (χ0n) is 12.7. The van der Waals surface area contributed by atoms with Crippen molar-refractivity contribution in [3.63, 3.8) is 0 Å². The molecule has 0 saturated heterocycles. The number of nitrogens with two attached hydrogens (primary N) is 1. The van der Waals surface area contributed by atoms with Crippen LogP contribution in [0.1, 0.15) is 28.7 Å². The summed E-state index contributed by atoms with van der Waals surface area (Å²) in [5.41, 5.74) is 4.83. The SMILES string of the molecule is COCCOc1ccccc1C(NN)c1cc(C)oc1C. The Labute approximate surface area is 125 Å². The number of furan rings is 1. The van der Waals surface area contributed by atoms with Crippen LogP contribution in [0.5, 0.6) is 5.75 Å². The minimum atomic E-state index is -0.179. The van der Waals surface area contributed by atoms with Crippen LogP contribution in [0.4, 0.5) is 0 Å². The quantitative estimate of drug-likeness (QED) is 0.466. The molecule has 0 bridgehead atoms. The molecule has 1 heterocycles. The molecule has 21 heavy (non-hydrogen) atoms. The Morgan fingerprint density at radius 1 is 1.19 bits per heavy atom. The Balaban J connectivity index is 2.31. The molecule has 5 heteroatoms. The summed E-state index contributed by atoms with van der Waals surface area (Å²) in [5, 5.41) is 0. The van der Waals surface area contributed by atoms with Gasteiger partial charge in [-0.25, -0.2) is 5.43 Å². The first kappa shape index (κ1) is 15.6. The van der Waals surface area contributed by atoms with Crippen molar-refractivity contribution in [2.45, 2.75) is 19.9 Å². The lowest BCUT2D eigenvalue weighted by Crippen LogP contribution is -2.29. The minimum absolute atomic E-state index is 0.179. The van der Waals surface area contributed by atoms with Gasteiger partial charge < -0.3 is 13.9 Å². The fraction of sp³-hybridized carbons (Fsp3) is 0.375. The Bertz CT molecular complexity index is 581. The van der Waals surface area contributed by atoms with E-state index in [-0.39, 0.29) is 6.04 Å². The van der Waals surface area contributed by atoms with E-state index in [0.717, 1.165) is 28.4 Å². The van der Waals surface area contributed by atoms with Gasteiger partial charge >= 0.3 is 0 Å². The number of hydrazine groups is 1. The molecule has 0 aliphatic heterocycles. The summed E-state index contributed by atoms with van der Waals surface area (Å²) >= 11 is 0. The van der Waals surface area contributed by atoms with Crippen molar-refractivity contribution in [3.05, 3.63) is 53.0 Å². The largest absolute Gasteiger partial charge is 0.491 e. The van der Waals surface area contributed by atoms with Crippen molar-refractivity contribution in [3.8, 4) is 5.75 Å². The highest BCUT2D eigenvalue weighted by atomic mass is 16.5. The van der Waals surface area contributed by atoms with Gasteiger partial charge in [-0.2, -0.15) is 0 Å². The molecule has 0 fully saturated rings. The summed E-state index contributed by atoms with van der Waals surface area (Å²) in [6, 6.07) is 9.64. The van der Waals surface area contributed by atoms with Crippen LogP contribution in [0.3, 0.4) is 0 Å². The topological polar surface area (TPSA) is 69.7 Å². The first-order valence-electron chi connectivity index (χ1n) is 6.91. The van der Waals surface area contributed by atoms with Crippen molar-refractivity contribution in [2.24, 2.45) is 5.84 Å². The second-order valence-electron chi connectivity index (χ2n) is 4.85. The molecular formula is C16H22N2O3. The fourth-order valence-electron chi connectivity index (χ4n) is 2.37. The normalized spacial score (nSPS) is 12.4. The van der Waals surface area contributed by atoms with Crippen molar-refractivity contribution in [2.75, 3.05) is 20.3 Å². The predicted molar refractivity (Wildman–Crippen MR) is 81.2 cm³/mol. The molecule has 0 aliphatic rings. The molecular weight excluding hydrogens is 268 g/mol. The van der Waals surface area contributed by atoms with E-state index in [0.29, 0.717) is 13.2 Å². The molecule has 1 unspecified atom stereocenters. The number of methoxy groups -OCH3 is 1. The average Bonchev–Trinajstić information content (AvgIpc) is 2.80. The van der Waals surface area contributed by atoms with Gasteiger partial charge in [-0.3, -0.25) is 5.84 Å². The number of benzene rings is 1. The highest BCUT2D eigenvalue weighted by Gasteiger charge is 2.21. The number of nitrogens with one attached hydrogen (secondary N) is 1. The van der Waals surface area contributed by atoms with E-state index >= 15 is 0 Å². The van der Waals surface area contributed by atoms with Crippen LogP contribution in [0.15, 0.2) is 34.7 Å². The van der Waals surface area contributed by atoms with E-state index < -0.39 is 0 Å². The average molecular weight is 290 g/mol. The first-order chi connectivity index (χ1) is 10.2. The molecule has 2 rings (SSSR count). The first-order valence-corrected chi connectivity index (χ1v) is 6.91. The summed E-state index contributed by atoms with van der Waals surface area (Å²) in [7, 11) is 1.65. The van der Waals surface area contributed by atoms with Crippen LogP contribution in [0.25, 0.3) is 0 Å². The summed E-state index contributed by atoms with van der Waals surface area (Å²) in [5.74, 6) is 8.27. The molecule has 2 aromatic rings. The van der Waals surface area contributed by atoms with Crippen LogP contribution in [-0.4, -0.2) is 20.3 Å². The summed E-state index contributed by atoms with van der Waals surface area (Å²) in [4.78, 5) is 0. The lowest BCUT2D eigenvalue weighted by molar-refractivity contribution is 0.145. The Hall–Kier alpha value is -1.82. The summed E-state index contributed by atoms with van der Waals surface area (Å²) in [6.45, 7) is 4.89. The molecule has 5 nitrogen and oxygen atoms in total. The van der Waals surface area contributed by atoms with Gasteiger partial charge in [0.25, 0.3) is 0 Å². The lowest BCUT2D eigenvalue weighted by Gasteiger charge is -2.19. The monoisotopic (exact) mass is 290 g/mol. The van der Waals surface area contributed by atoms with Crippen molar-refractivity contribution in [1.82, 2.24) is 5.43 Å². The Morgan fingerprint density at radius 2 is 1.95 bits per heavy atom. The zero-order chi connectivity index (χ0) is 15.2. The van der Waals surface area contributed by atoms with Crippen molar-refractivity contribution in [1.29, 1.82) is 0 Å². The van der Waals surface area contributed by atoms with Gasteiger partial charge in [0, 0.05) is 18.2 Å². The summed E-state index contributed by atoms with van der Waals surface area (Å²) in [6.07, 6.45) is 0. The molecule has 1 aromatic carbocycles. The highest BCUT2D eigenvalue weighted by molar-refractivity contribution is 5.42. The number of hydrogen-bond acceptors (Lipinski definition) is 5. The molecule has 1 aromatic heterocycles. The number of hydrogen-bond donors (Lipinski definition) is 2. The van der Waals surface area contributed by atoms with Gasteiger partial charge in [-0.1, -0.05) is 18.2 Å². The van der Waals surface area contributed by atoms with Gasteiger partial charge in [0.15, 0.2) is 0 Å². The number of rotatable bonds is 7. The van der Waals surface area contributed by atoms with Gasteiger partial charge in [0.2, 0.25) is 0 Å². The van der Waals surface area contributed by atoms with Crippen LogP contribution < -0.4 is 16.0 Å². The molecule has 0 radical (unpaired) electrons. The van der Waals surface area contributed by atoms with Gasteiger partial charge in [0.1, 0.15) is 23.9 Å². The summed E-state index contributed by atoms with van der Waals surface area (Å²) < 4.78 is 16.4. The third kappa shape index (κ3) is 3.64. The lowest BCUT2D eigenvalue weighted by atomic mass is 9.98. The van der Waals surface area contributed by atoms with Crippen LogP contribution >= 0.6 is 0 Å². The second-order valence-corrected chi connectivity index (χ2v) is 4.85. The maximum Gasteiger partial charge on any atom is 0.124 e. The van der Waals surface area contributed by atoms with Crippen molar-refractivity contribution < 1.29 is 13.9 Å². The number of para-hydroxylation sites is 1. The second kappa shape index (κ2) is 7.26. The smallest absolute Gasteiger partial charge is 0.124 e. The van der Waals surface area contributed by atoms with Gasteiger partial charge in [0.05, 0.1) is 12.6 Å². The molecule has 0 spiro atoms. The number of aryl methyl sites for hydroxylation is 2. The van der Waals surface area contributed by atoms with Crippen LogP contribution in [0, 0.1) is 13.8 Å². The number of ether oxygens (including phenoxy) is 2. The Kier molecular flexibility index (Phi) is 5.38. The van der Waals surface area contributed by atoms with E-state index in [9.17, 15) is 0 Å². The molecule has 0 aliphatic carbocycles. The maximum absolute atomic E-state index is 5.78. The van der Waals surface area contributed by atoms with E-state index in [1.54, 1.807) is 7.11 Å². The molecule has 3 N–H and O–H groups in total. The maximum atomic E-state index is 5.78. The van der Waals surface area contributed by atoms with Crippen molar-refractivity contribution >= 4 is 0 Å². The zero-order valence-corrected chi connectivity index (χ0v) is 12.7. The third-order valence-corrected chi connectivity index (χ3v) is 3.33. The Morgan fingerprint density at radius 3 is 2.57 bits per heavy atom. The molecule has 0 amide bonds. The van der Waals surface area contributed by atoms with E-state index in [1.807, 2.05) is 44.2 Å². The van der Waals surface area contributed by atoms with E-state index in [2.05, 4.69) is 5.43 Å². The predicted octanol–water partition coefficient (Wildman–Crippen LogP) is 2.47. The van der Waals surface area contributed by atoms with E-state index in [1.165, 1.54) is 0 Å².